The smallest absolute Gasteiger partial charge is 0.415 e. The van der Waals surface area contributed by atoms with E-state index in [1.807, 2.05) is 58.0 Å². The Labute approximate surface area is 277 Å². The first-order valence-electron chi connectivity index (χ1n) is 15.8. The van der Waals surface area contributed by atoms with Gasteiger partial charge in [-0.2, -0.15) is 0 Å². The maximum absolute atomic E-state index is 13.7. The number of rotatable bonds is 8. The number of carbonyl (C=O) groups is 3. The average molecular weight is 637 g/mol. The van der Waals surface area contributed by atoms with E-state index in [2.05, 4.69) is 34.7 Å². The Bertz CT molecular complexity index is 1740. The highest BCUT2D eigenvalue weighted by atomic mass is 16.6. The van der Waals surface area contributed by atoms with Gasteiger partial charge in [0.2, 0.25) is 0 Å². The van der Waals surface area contributed by atoms with Gasteiger partial charge in [0.15, 0.2) is 0 Å². The summed E-state index contributed by atoms with van der Waals surface area (Å²) in [7, 11) is 0. The van der Waals surface area contributed by atoms with Crippen LogP contribution >= 0.6 is 0 Å². The van der Waals surface area contributed by atoms with Crippen LogP contribution in [-0.2, 0) is 11.2 Å². The Morgan fingerprint density at radius 1 is 0.787 bits per heavy atom. The molecule has 0 aliphatic carbocycles. The van der Waals surface area contributed by atoms with Gasteiger partial charge in [-0.25, -0.2) is 14.6 Å². The van der Waals surface area contributed by atoms with E-state index < -0.39 is 23.3 Å². The summed E-state index contributed by atoms with van der Waals surface area (Å²) < 4.78 is 11.3. The highest BCUT2D eigenvalue weighted by Crippen LogP contribution is 2.34. The fraction of sp³-hybridized carbons (Fsp3) is 0.316. The summed E-state index contributed by atoms with van der Waals surface area (Å²) in [5, 5.41) is 5.66. The van der Waals surface area contributed by atoms with Crippen LogP contribution in [0.15, 0.2) is 84.9 Å². The summed E-state index contributed by atoms with van der Waals surface area (Å²) in [6, 6.07) is 25.7. The maximum atomic E-state index is 13.7. The molecule has 0 aliphatic heterocycles. The van der Waals surface area contributed by atoms with Gasteiger partial charge in [0.1, 0.15) is 17.2 Å². The molecule has 9 heteroatoms. The molecule has 2 N–H and O–H groups in total. The van der Waals surface area contributed by atoms with Gasteiger partial charge in [0.25, 0.3) is 5.91 Å². The summed E-state index contributed by atoms with van der Waals surface area (Å²) in [5.74, 6) is 0.194. The molecule has 0 aliphatic rings. The Morgan fingerprint density at radius 3 is 2.13 bits per heavy atom. The average Bonchev–Trinajstić information content (AvgIpc) is 3.00. The SMILES string of the molecule is CCc1ccc(-c2ccccc2C(=O)Nc2ccc(OC(=O)N(CC)C(C)(C)C)c(-c3cccc(NC(=O)OC(C)(C)C)n3)c2)cc1. The predicted molar refractivity (Wildman–Crippen MR) is 187 cm³/mol. The molecule has 4 aromatic rings. The van der Waals surface area contributed by atoms with Crippen LogP contribution < -0.4 is 15.4 Å². The number of nitrogens with one attached hydrogen (secondary N) is 2. The second-order valence-corrected chi connectivity index (χ2v) is 13.1. The van der Waals surface area contributed by atoms with E-state index in [0.29, 0.717) is 29.1 Å². The molecule has 9 nitrogen and oxygen atoms in total. The van der Waals surface area contributed by atoms with Crippen LogP contribution in [-0.4, -0.2) is 45.7 Å². The summed E-state index contributed by atoms with van der Waals surface area (Å²) >= 11 is 0. The van der Waals surface area contributed by atoms with Gasteiger partial charge in [-0.1, -0.05) is 55.5 Å². The number of nitrogens with zero attached hydrogens (tertiary/aromatic N) is 2. The zero-order valence-corrected chi connectivity index (χ0v) is 28.4. The fourth-order valence-corrected chi connectivity index (χ4v) is 5.04. The van der Waals surface area contributed by atoms with Gasteiger partial charge in [-0.3, -0.25) is 10.1 Å². The Morgan fingerprint density at radius 2 is 1.49 bits per heavy atom. The van der Waals surface area contributed by atoms with Crippen LogP contribution in [0, 0.1) is 0 Å². The summed E-state index contributed by atoms with van der Waals surface area (Å²) in [6.45, 7) is 15.5. The highest BCUT2D eigenvalue weighted by Gasteiger charge is 2.28. The zero-order valence-electron chi connectivity index (χ0n) is 28.4. The van der Waals surface area contributed by atoms with E-state index in [9.17, 15) is 14.4 Å². The van der Waals surface area contributed by atoms with Gasteiger partial charge in [-0.15, -0.1) is 0 Å². The van der Waals surface area contributed by atoms with E-state index in [-0.39, 0.29) is 17.5 Å². The minimum Gasteiger partial charge on any atom is -0.444 e. The van der Waals surface area contributed by atoms with E-state index in [0.717, 1.165) is 17.5 Å². The highest BCUT2D eigenvalue weighted by molar-refractivity contribution is 6.09. The van der Waals surface area contributed by atoms with Crippen molar-refractivity contribution in [2.45, 2.75) is 73.0 Å². The number of aromatic nitrogens is 1. The molecule has 1 heterocycles. The summed E-state index contributed by atoms with van der Waals surface area (Å²) in [4.78, 5) is 45.7. The molecule has 47 heavy (non-hydrogen) atoms. The number of aryl methyl sites for hydroxylation is 1. The van der Waals surface area contributed by atoms with Gasteiger partial charge in [0.05, 0.1) is 5.69 Å². The third-order valence-corrected chi connectivity index (χ3v) is 7.28. The zero-order chi connectivity index (χ0) is 34.4. The topological polar surface area (TPSA) is 110 Å². The molecule has 0 radical (unpaired) electrons. The fourth-order valence-electron chi connectivity index (χ4n) is 5.04. The molecule has 1 aromatic heterocycles. The van der Waals surface area contributed by atoms with E-state index in [1.165, 1.54) is 5.56 Å². The molecular formula is C38H44N4O5. The van der Waals surface area contributed by atoms with Crippen LogP contribution in [0.3, 0.4) is 0 Å². The Hall–Kier alpha value is -5.18. The number of ether oxygens (including phenoxy) is 2. The van der Waals surface area contributed by atoms with Gasteiger partial charge in [-0.05, 0) is 108 Å². The van der Waals surface area contributed by atoms with Crippen LogP contribution in [0.25, 0.3) is 22.4 Å². The molecule has 0 atom stereocenters. The number of pyridine rings is 1. The minimum atomic E-state index is -0.689. The first kappa shape index (κ1) is 34.7. The molecule has 0 unspecified atom stereocenters. The lowest BCUT2D eigenvalue weighted by Gasteiger charge is -2.33. The van der Waals surface area contributed by atoms with Crippen molar-refractivity contribution in [2.24, 2.45) is 0 Å². The van der Waals surface area contributed by atoms with Crippen LogP contribution in [0.5, 0.6) is 5.75 Å². The van der Waals surface area contributed by atoms with Crippen molar-refractivity contribution < 1.29 is 23.9 Å². The van der Waals surface area contributed by atoms with E-state index in [1.54, 1.807) is 68.1 Å². The molecule has 3 aromatic carbocycles. The number of benzene rings is 3. The lowest BCUT2D eigenvalue weighted by Crippen LogP contribution is -2.46. The monoisotopic (exact) mass is 636 g/mol. The molecule has 0 bridgehead atoms. The van der Waals surface area contributed by atoms with Gasteiger partial charge < -0.3 is 19.7 Å². The molecule has 0 saturated carbocycles. The van der Waals surface area contributed by atoms with E-state index in [4.69, 9.17) is 9.47 Å². The van der Waals surface area contributed by atoms with Crippen LogP contribution in [0.2, 0.25) is 0 Å². The van der Waals surface area contributed by atoms with Crippen molar-refractivity contribution in [3.05, 3.63) is 96.1 Å². The Kier molecular flexibility index (Phi) is 10.7. The quantitative estimate of drug-likeness (QED) is 0.200. The molecule has 0 saturated heterocycles. The number of carbonyl (C=O) groups excluding carboxylic acids is 3. The number of anilines is 2. The first-order valence-corrected chi connectivity index (χ1v) is 15.8. The first-order chi connectivity index (χ1) is 22.2. The number of amides is 3. The van der Waals surface area contributed by atoms with Crippen LogP contribution in [0.1, 0.15) is 71.3 Å². The van der Waals surface area contributed by atoms with Crippen molar-refractivity contribution in [2.75, 3.05) is 17.2 Å². The third-order valence-electron chi connectivity index (χ3n) is 7.28. The number of hydrogen-bond donors (Lipinski definition) is 2. The van der Waals surface area contributed by atoms with Crippen molar-refractivity contribution in [1.82, 2.24) is 9.88 Å². The maximum Gasteiger partial charge on any atom is 0.415 e. The normalized spacial score (nSPS) is 11.4. The summed E-state index contributed by atoms with van der Waals surface area (Å²) in [5.41, 5.74) is 3.63. The second kappa shape index (κ2) is 14.5. The van der Waals surface area contributed by atoms with Gasteiger partial charge >= 0.3 is 12.2 Å². The second-order valence-electron chi connectivity index (χ2n) is 13.1. The third kappa shape index (κ3) is 9.19. The molecule has 3 amide bonds. The van der Waals surface area contributed by atoms with Crippen molar-refractivity contribution in [3.8, 4) is 28.1 Å². The molecular weight excluding hydrogens is 592 g/mol. The minimum absolute atomic E-state index is 0.244. The molecule has 0 fully saturated rings. The Balaban J connectivity index is 1.70. The van der Waals surface area contributed by atoms with Crippen molar-refractivity contribution >= 4 is 29.6 Å². The van der Waals surface area contributed by atoms with Crippen LogP contribution in [0.4, 0.5) is 21.1 Å². The lowest BCUT2D eigenvalue weighted by molar-refractivity contribution is 0.0635. The summed E-state index contributed by atoms with van der Waals surface area (Å²) in [6.07, 6.45) is -0.247. The standard InChI is InChI=1S/C38H44N4O5/c1-9-25-18-20-26(21-19-25)28-14-11-12-15-29(28)34(43)39-27-22-23-32(46-36(45)42(10-2)37(3,4)5)30(24-27)31-16-13-17-33(40-31)41-35(44)47-38(6,7)8/h11-24H,9-10H2,1-8H3,(H,39,43)(H,40,41,44). The van der Waals surface area contributed by atoms with Gasteiger partial charge in [0, 0.05) is 28.9 Å². The van der Waals surface area contributed by atoms with E-state index >= 15 is 0 Å². The largest absolute Gasteiger partial charge is 0.444 e. The predicted octanol–water partition coefficient (Wildman–Crippen LogP) is 9.20. The molecule has 0 spiro atoms. The number of hydrogen-bond acceptors (Lipinski definition) is 6. The lowest BCUT2D eigenvalue weighted by atomic mass is 9.97. The van der Waals surface area contributed by atoms with Crippen molar-refractivity contribution in [3.63, 3.8) is 0 Å². The molecule has 246 valence electrons. The molecule has 4 rings (SSSR count). The van der Waals surface area contributed by atoms with Crippen molar-refractivity contribution in [1.29, 1.82) is 0 Å².